The first-order valence-corrected chi connectivity index (χ1v) is 8.68. The summed E-state index contributed by atoms with van der Waals surface area (Å²) in [6.07, 6.45) is -4.47. The summed E-state index contributed by atoms with van der Waals surface area (Å²) in [6.45, 7) is 4.52. The highest BCUT2D eigenvalue weighted by Crippen LogP contribution is 2.34. The average molecular weight is 393 g/mol. The molecule has 0 aliphatic rings. The molecule has 0 bridgehead atoms. The molecule has 0 aliphatic carbocycles. The van der Waals surface area contributed by atoms with Crippen molar-refractivity contribution in [2.75, 3.05) is 10.6 Å². The SMILES string of the molecule is CC(=O)Nc1cccc(NC(=O)[C@H](C)N[C@H](C)c2ccccc2C(F)(F)F)c1. The Hall–Kier alpha value is -2.87. The van der Waals surface area contributed by atoms with Gasteiger partial charge in [0, 0.05) is 24.3 Å². The number of hydrogen-bond donors (Lipinski definition) is 3. The number of carbonyl (C=O) groups is 2. The van der Waals surface area contributed by atoms with Crippen molar-refractivity contribution in [3.63, 3.8) is 0 Å². The first-order chi connectivity index (χ1) is 13.1. The number of halogens is 3. The minimum atomic E-state index is -4.47. The maximum atomic E-state index is 13.2. The topological polar surface area (TPSA) is 70.2 Å². The molecule has 2 aromatic rings. The largest absolute Gasteiger partial charge is 0.416 e. The lowest BCUT2D eigenvalue weighted by Gasteiger charge is -2.23. The van der Waals surface area contributed by atoms with Crippen molar-refractivity contribution < 1.29 is 22.8 Å². The van der Waals surface area contributed by atoms with Gasteiger partial charge in [0.1, 0.15) is 0 Å². The Kier molecular flexibility index (Phi) is 6.80. The lowest BCUT2D eigenvalue weighted by molar-refractivity contribution is -0.138. The molecule has 0 saturated carbocycles. The first-order valence-electron chi connectivity index (χ1n) is 8.68. The Morgan fingerprint density at radius 3 is 2.14 bits per heavy atom. The van der Waals surface area contributed by atoms with E-state index in [4.69, 9.17) is 0 Å². The molecule has 0 aliphatic heterocycles. The Morgan fingerprint density at radius 2 is 1.54 bits per heavy atom. The van der Waals surface area contributed by atoms with Gasteiger partial charge in [-0.25, -0.2) is 0 Å². The zero-order valence-corrected chi connectivity index (χ0v) is 15.7. The summed E-state index contributed by atoms with van der Waals surface area (Å²) in [6, 6.07) is 10.4. The molecule has 0 saturated heterocycles. The Balaban J connectivity index is 2.06. The maximum absolute atomic E-state index is 13.2. The highest BCUT2D eigenvalue weighted by atomic mass is 19.4. The predicted octanol–water partition coefficient (Wildman–Crippen LogP) is 4.34. The summed E-state index contributed by atoms with van der Waals surface area (Å²) in [5, 5.41) is 8.19. The molecule has 0 radical (unpaired) electrons. The molecule has 150 valence electrons. The molecule has 2 rings (SSSR count). The van der Waals surface area contributed by atoms with Crippen LogP contribution in [0, 0.1) is 0 Å². The second-order valence-corrected chi connectivity index (χ2v) is 6.45. The fourth-order valence-electron chi connectivity index (χ4n) is 2.80. The lowest BCUT2D eigenvalue weighted by atomic mass is 10.0. The zero-order chi connectivity index (χ0) is 20.9. The van der Waals surface area contributed by atoms with E-state index in [-0.39, 0.29) is 11.5 Å². The number of benzene rings is 2. The van der Waals surface area contributed by atoms with Crippen LogP contribution in [0.25, 0.3) is 0 Å². The van der Waals surface area contributed by atoms with Gasteiger partial charge in [0.25, 0.3) is 0 Å². The van der Waals surface area contributed by atoms with Crippen LogP contribution in [0.3, 0.4) is 0 Å². The van der Waals surface area contributed by atoms with Crippen LogP contribution in [0.15, 0.2) is 48.5 Å². The molecule has 8 heteroatoms. The average Bonchev–Trinajstić information content (AvgIpc) is 2.60. The van der Waals surface area contributed by atoms with Gasteiger partial charge in [0.05, 0.1) is 11.6 Å². The van der Waals surface area contributed by atoms with Crippen LogP contribution >= 0.6 is 0 Å². The predicted molar refractivity (Wildman–Crippen MR) is 102 cm³/mol. The minimum Gasteiger partial charge on any atom is -0.326 e. The molecule has 0 heterocycles. The highest BCUT2D eigenvalue weighted by Gasteiger charge is 2.34. The molecule has 0 fully saturated rings. The second-order valence-electron chi connectivity index (χ2n) is 6.45. The van der Waals surface area contributed by atoms with Gasteiger partial charge in [0.2, 0.25) is 11.8 Å². The molecule has 0 unspecified atom stereocenters. The smallest absolute Gasteiger partial charge is 0.326 e. The molecular weight excluding hydrogens is 371 g/mol. The van der Waals surface area contributed by atoms with E-state index < -0.39 is 29.7 Å². The van der Waals surface area contributed by atoms with Crippen LogP contribution < -0.4 is 16.0 Å². The van der Waals surface area contributed by atoms with E-state index in [0.717, 1.165) is 6.07 Å². The standard InChI is InChI=1S/C20H22F3N3O2/c1-12(17-9-4-5-10-18(17)20(21,22)23)24-13(2)19(28)26-16-8-6-7-15(11-16)25-14(3)27/h4-13,24H,1-3H3,(H,25,27)(H,26,28)/t12-,13+/m1/s1. The molecule has 3 N–H and O–H groups in total. The molecular formula is C20H22F3N3O2. The summed E-state index contributed by atoms with van der Waals surface area (Å²) in [5.41, 5.74) is 0.333. The molecule has 2 amide bonds. The van der Waals surface area contributed by atoms with Crippen LogP contribution in [-0.4, -0.2) is 17.9 Å². The summed E-state index contributed by atoms with van der Waals surface area (Å²) < 4.78 is 39.6. The fraction of sp³-hybridized carbons (Fsp3) is 0.300. The number of nitrogens with one attached hydrogen (secondary N) is 3. The van der Waals surface area contributed by atoms with Crippen LogP contribution in [0.1, 0.15) is 37.9 Å². The summed E-state index contributed by atoms with van der Waals surface area (Å²) in [5.74, 6) is -0.646. The first kappa shape index (κ1) is 21.4. The number of rotatable bonds is 6. The van der Waals surface area contributed by atoms with Gasteiger partial charge in [-0.15, -0.1) is 0 Å². The van der Waals surface area contributed by atoms with E-state index in [9.17, 15) is 22.8 Å². The Bertz CT molecular complexity index is 853. The van der Waals surface area contributed by atoms with Crippen LogP contribution in [0.5, 0.6) is 0 Å². The monoisotopic (exact) mass is 393 g/mol. The number of anilines is 2. The summed E-state index contributed by atoms with van der Waals surface area (Å²) in [4.78, 5) is 23.5. The van der Waals surface area contributed by atoms with Gasteiger partial charge >= 0.3 is 6.18 Å². The Morgan fingerprint density at radius 1 is 0.929 bits per heavy atom. The van der Waals surface area contributed by atoms with Crippen molar-refractivity contribution in [3.8, 4) is 0 Å². The van der Waals surface area contributed by atoms with Crippen LogP contribution in [0.2, 0.25) is 0 Å². The zero-order valence-electron chi connectivity index (χ0n) is 15.7. The number of alkyl halides is 3. The lowest BCUT2D eigenvalue weighted by Crippen LogP contribution is -2.39. The van der Waals surface area contributed by atoms with E-state index >= 15 is 0 Å². The summed E-state index contributed by atoms with van der Waals surface area (Å²) in [7, 11) is 0. The van der Waals surface area contributed by atoms with Crippen molar-refractivity contribution >= 4 is 23.2 Å². The normalized spacial score (nSPS) is 13.5. The number of carbonyl (C=O) groups excluding carboxylic acids is 2. The molecule has 28 heavy (non-hydrogen) atoms. The van der Waals surface area contributed by atoms with Crippen molar-refractivity contribution in [2.24, 2.45) is 0 Å². The quantitative estimate of drug-likeness (QED) is 0.684. The van der Waals surface area contributed by atoms with Crippen molar-refractivity contribution in [1.82, 2.24) is 5.32 Å². The van der Waals surface area contributed by atoms with Crippen LogP contribution in [0.4, 0.5) is 24.5 Å². The van der Waals surface area contributed by atoms with E-state index in [2.05, 4.69) is 16.0 Å². The van der Waals surface area contributed by atoms with Gasteiger partial charge in [-0.3, -0.25) is 14.9 Å². The highest BCUT2D eigenvalue weighted by molar-refractivity contribution is 5.96. The van der Waals surface area contributed by atoms with E-state index in [1.54, 1.807) is 38.1 Å². The second kappa shape index (κ2) is 8.88. The van der Waals surface area contributed by atoms with Crippen LogP contribution in [-0.2, 0) is 15.8 Å². The fourth-order valence-corrected chi connectivity index (χ4v) is 2.80. The minimum absolute atomic E-state index is 0.0716. The van der Waals surface area contributed by atoms with E-state index in [1.807, 2.05) is 0 Å². The third-order valence-electron chi connectivity index (χ3n) is 4.08. The molecule has 5 nitrogen and oxygen atoms in total. The van der Waals surface area contributed by atoms with Crippen molar-refractivity contribution in [2.45, 2.75) is 39.0 Å². The molecule has 0 spiro atoms. The number of hydrogen-bond acceptors (Lipinski definition) is 3. The Labute approximate surface area is 161 Å². The van der Waals surface area contributed by atoms with E-state index in [1.165, 1.54) is 25.1 Å². The van der Waals surface area contributed by atoms with Gasteiger partial charge in [-0.2, -0.15) is 13.2 Å². The van der Waals surface area contributed by atoms with E-state index in [0.29, 0.717) is 11.4 Å². The third-order valence-corrected chi connectivity index (χ3v) is 4.08. The van der Waals surface area contributed by atoms with Gasteiger partial charge in [-0.05, 0) is 43.7 Å². The maximum Gasteiger partial charge on any atom is 0.416 e. The van der Waals surface area contributed by atoms with Gasteiger partial charge in [0.15, 0.2) is 0 Å². The molecule has 2 atom stereocenters. The molecule has 2 aromatic carbocycles. The van der Waals surface area contributed by atoms with Gasteiger partial charge in [-0.1, -0.05) is 24.3 Å². The third kappa shape index (κ3) is 5.82. The summed E-state index contributed by atoms with van der Waals surface area (Å²) >= 11 is 0. The van der Waals surface area contributed by atoms with Crippen molar-refractivity contribution in [1.29, 1.82) is 0 Å². The van der Waals surface area contributed by atoms with Gasteiger partial charge < -0.3 is 10.6 Å². The number of amides is 2. The molecule has 0 aromatic heterocycles. The van der Waals surface area contributed by atoms with Crippen molar-refractivity contribution in [3.05, 3.63) is 59.7 Å².